The van der Waals surface area contributed by atoms with Gasteiger partial charge in [-0.15, -0.1) is 0 Å². The number of nitrogens with zero attached hydrogens (tertiary/aromatic N) is 2. The van der Waals surface area contributed by atoms with Crippen molar-refractivity contribution in [3.8, 4) is 0 Å². The third-order valence-electron chi connectivity index (χ3n) is 2.06. The maximum Gasteiger partial charge on any atom is 0.312 e. The first-order valence-corrected chi connectivity index (χ1v) is 4.78. The Labute approximate surface area is 87.5 Å². The average molecular weight is 217 g/mol. The van der Waals surface area contributed by atoms with Crippen LogP contribution in [0.15, 0.2) is 6.20 Å². The van der Waals surface area contributed by atoms with Gasteiger partial charge in [-0.3, -0.25) is 9.48 Å². The fraction of sp³-hybridized carbons (Fsp3) is 0.556. The van der Waals surface area contributed by atoms with Crippen LogP contribution >= 0.6 is 11.6 Å². The van der Waals surface area contributed by atoms with Crippen molar-refractivity contribution in [1.29, 1.82) is 0 Å². The molecule has 0 radical (unpaired) electrons. The van der Waals surface area contributed by atoms with E-state index in [-0.39, 0.29) is 6.04 Å². The van der Waals surface area contributed by atoms with Gasteiger partial charge in [0.05, 0.1) is 22.8 Å². The zero-order chi connectivity index (χ0) is 10.9. The van der Waals surface area contributed by atoms with Gasteiger partial charge in [0.1, 0.15) is 0 Å². The van der Waals surface area contributed by atoms with E-state index >= 15 is 0 Å². The van der Waals surface area contributed by atoms with Gasteiger partial charge in [-0.1, -0.05) is 11.6 Å². The van der Waals surface area contributed by atoms with Crippen LogP contribution in [-0.4, -0.2) is 20.9 Å². The zero-order valence-corrected chi connectivity index (χ0v) is 9.12. The number of aromatic nitrogens is 2. The van der Waals surface area contributed by atoms with Crippen LogP contribution in [0.1, 0.15) is 38.4 Å². The van der Waals surface area contributed by atoms with Crippen LogP contribution in [0.3, 0.4) is 0 Å². The number of carboxylic acids is 1. The van der Waals surface area contributed by atoms with Crippen LogP contribution in [-0.2, 0) is 4.79 Å². The van der Waals surface area contributed by atoms with Crippen molar-refractivity contribution < 1.29 is 9.90 Å². The van der Waals surface area contributed by atoms with Gasteiger partial charge in [0.15, 0.2) is 0 Å². The predicted octanol–water partition coefficient (Wildman–Crippen LogP) is 2.31. The maximum absolute atomic E-state index is 10.8. The number of hydrogen-bond acceptors (Lipinski definition) is 2. The molecule has 1 aromatic heterocycles. The first kappa shape index (κ1) is 11.0. The minimum Gasteiger partial charge on any atom is -0.481 e. The van der Waals surface area contributed by atoms with Crippen molar-refractivity contribution in [1.82, 2.24) is 9.78 Å². The number of halogens is 1. The number of carbonyl (C=O) groups is 1. The van der Waals surface area contributed by atoms with Gasteiger partial charge in [0, 0.05) is 6.04 Å². The molecule has 1 unspecified atom stereocenters. The normalized spacial score (nSPS) is 13.2. The standard InChI is InChI=1S/C9H13ClN2O2/c1-5(2)12-8(6(3)9(13)14)7(10)4-11-12/h4-6H,1-3H3,(H,13,14). The fourth-order valence-electron chi connectivity index (χ4n) is 1.28. The summed E-state index contributed by atoms with van der Waals surface area (Å²) in [5, 5.41) is 13.3. The summed E-state index contributed by atoms with van der Waals surface area (Å²) < 4.78 is 1.64. The molecule has 14 heavy (non-hydrogen) atoms. The molecule has 0 saturated carbocycles. The second kappa shape index (κ2) is 4.00. The summed E-state index contributed by atoms with van der Waals surface area (Å²) in [4.78, 5) is 10.8. The lowest BCUT2D eigenvalue weighted by atomic mass is 10.1. The molecular weight excluding hydrogens is 204 g/mol. The second-order valence-electron chi connectivity index (χ2n) is 3.48. The van der Waals surface area contributed by atoms with Crippen molar-refractivity contribution in [2.24, 2.45) is 0 Å². The van der Waals surface area contributed by atoms with Gasteiger partial charge in [0.25, 0.3) is 0 Å². The summed E-state index contributed by atoms with van der Waals surface area (Å²) in [6.45, 7) is 5.47. The average Bonchev–Trinajstić information content (AvgIpc) is 2.45. The number of carboxylic acid groups (broad SMARTS) is 1. The lowest BCUT2D eigenvalue weighted by Crippen LogP contribution is -2.15. The van der Waals surface area contributed by atoms with Crippen LogP contribution in [0.4, 0.5) is 0 Å². The molecule has 0 aliphatic heterocycles. The molecule has 0 amide bonds. The Bertz CT molecular complexity index is 347. The van der Waals surface area contributed by atoms with E-state index in [1.807, 2.05) is 13.8 Å². The van der Waals surface area contributed by atoms with E-state index in [2.05, 4.69) is 5.10 Å². The van der Waals surface area contributed by atoms with Gasteiger partial charge < -0.3 is 5.11 Å². The molecule has 1 N–H and O–H groups in total. The molecule has 0 fully saturated rings. The van der Waals surface area contributed by atoms with E-state index in [9.17, 15) is 4.79 Å². The Balaban J connectivity index is 3.17. The highest BCUT2D eigenvalue weighted by Gasteiger charge is 2.23. The molecule has 0 aromatic carbocycles. The van der Waals surface area contributed by atoms with Gasteiger partial charge >= 0.3 is 5.97 Å². The predicted molar refractivity (Wildman–Crippen MR) is 53.7 cm³/mol. The quantitative estimate of drug-likeness (QED) is 0.844. The molecule has 4 nitrogen and oxygen atoms in total. The Morgan fingerprint density at radius 1 is 1.57 bits per heavy atom. The summed E-state index contributed by atoms with van der Waals surface area (Å²) in [7, 11) is 0. The Kier molecular flexibility index (Phi) is 3.16. The third-order valence-corrected chi connectivity index (χ3v) is 2.35. The molecule has 1 aromatic rings. The molecule has 1 atom stereocenters. The monoisotopic (exact) mass is 216 g/mol. The minimum absolute atomic E-state index is 0.110. The van der Waals surface area contributed by atoms with Crippen LogP contribution in [0.25, 0.3) is 0 Å². The highest BCUT2D eigenvalue weighted by molar-refractivity contribution is 6.31. The van der Waals surface area contributed by atoms with Gasteiger partial charge in [-0.2, -0.15) is 5.10 Å². The van der Waals surface area contributed by atoms with E-state index in [4.69, 9.17) is 16.7 Å². The van der Waals surface area contributed by atoms with Crippen molar-refractivity contribution in [2.75, 3.05) is 0 Å². The SMILES string of the molecule is CC(C(=O)O)c1c(Cl)cnn1C(C)C. The van der Waals surface area contributed by atoms with Crippen LogP contribution in [0.5, 0.6) is 0 Å². The molecule has 0 aliphatic rings. The molecule has 0 saturated heterocycles. The summed E-state index contributed by atoms with van der Waals surface area (Å²) in [6, 6.07) is 0.110. The Morgan fingerprint density at radius 2 is 2.14 bits per heavy atom. The molecule has 78 valence electrons. The number of aliphatic carboxylic acids is 1. The molecule has 5 heteroatoms. The van der Waals surface area contributed by atoms with Crippen LogP contribution in [0.2, 0.25) is 5.02 Å². The summed E-state index contributed by atoms with van der Waals surface area (Å²) >= 11 is 5.88. The Morgan fingerprint density at radius 3 is 2.57 bits per heavy atom. The van der Waals surface area contributed by atoms with E-state index in [0.29, 0.717) is 10.7 Å². The van der Waals surface area contributed by atoms with Crippen molar-refractivity contribution in [3.05, 3.63) is 16.9 Å². The smallest absolute Gasteiger partial charge is 0.312 e. The minimum atomic E-state index is -0.894. The number of rotatable bonds is 3. The molecule has 0 aliphatic carbocycles. The highest BCUT2D eigenvalue weighted by atomic mass is 35.5. The summed E-state index contributed by atoms with van der Waals surface area (Å²) in [5.74, 6) is -1.53. The molecular formula is C9H13ClN2O2. The Hall–Kier alpha value is -1.03. The van der Waals surface area contributed by atoms with Crippen molar-refractivity contribution in [3.63, 3.8) is 0 Å². The van der Waals surface area contributed by atoms with Crippen molar-refractivity contribution >= 4 is 17.6 Å². The van der Waals surface area contributed by atoms with E-state index in [1.54, 1.807) is 11.6 Å². The zero-order valence-electron chi connectivity index (χ0n) is 8.36. The van der Waals surface area contributed by atoms with Crippen LogP contribution in [0, 0.1) is 0 Å². The third kappa shape index (κ3) is 1.90. The lowest BCUT2D eigenvalue weighted by molar-refractivity contribution is -0.138. The van der Waals surface area contributed by atoms with Crippen LogP contribution < -0.4 is 0 Å². The molecule has 0 spiro atoms. The van der Waals surface area contributed by atoms with Gasteiger partial charge in [0.2, 0.25) is 0 Å². The summed E-state index contributed by atoms with van der Waals surface area (Å²) in [5.41, 5.74) is 0.564. The van der Waals surface area contributed by atoms with Gasteiger partial charge in [-0.25, -0.2) is 0 Å². The summed E-state index contributed by atoms with van der Waals surface area (Å²) in [6.07, 6.45) is 1.48. The fourth-order valence-corrected chi connectivity index (χ4v) is 1.58. The first-order valence-electron chi connectivity index (χ1n) is 4.40. The molecule has 1 rings (SSSR count). The van der Waals surface area contributed by atoms with Crippen molar-refractivity contribution in [2.45, 2.75) is 32.7 Å². The maximum atomic E-state index is 10.8. The highest BCUT2D eigenvalue weighted by Crippen LogP contribution is 2.26. The molecule has 1 heterocycles. The largest absolute Gasteiger partial charge is 0.481 e. The van der Waals surface area contributed by atoms with E-state index in [0.717, 1.165) is 0 Å². The topological polar surface area (TPSA) is 55.1 Å². The second-order valence-corrected chi connectivity index (χ2v) is 3.88. The number of hydrogen-bond donors (Lipinski definition) is 1. The van der Waals surface area contributed by atoms with Gasteiger partial charge in [-0.05, 0) is 20.8 Å². The van der Waals surface area contributed by atoms with E-state index in [1.165, 1.54) is 6.20 Å². The first-order chi connectivity index (χ1) is 6.45. The molecule has 0 bridgehead atoms. The lowest BCUT2D eigenvalue weighted by Gasteiger charge is -2.13. The van der Waals surface area contributed by atoms with E-state index < -0.39 is 11.9 Å².